The van der Waals surface area contributed by atoms with Crippen LogP contribution < -0.4 is 14.1 Å². The van der Waals surface area contributed by atoms with Crippen molar-refractivity contribution in [3.63, 3.8) is 0 Å². The Morgan fingerprint density at radius 3 is 1.76 bits per heavy atom. The van der Waals surface area contributed by atoms with Crippen molar-refractivity contribution in [1.29, 1.82) is 0 Å². The van der Waals surface area contributed by atoms with E-state index in [0.29, 0.717) is 17.1 Å². The summed E-state index contributed by atoms with van der Waals surface area (Å²) in [6.07, 6.45) is 2.94. The van der Waals surface area contributed by atoms with Gasteiger partial charge < -0.3 is 9.05 Å². The first-order valence-electron chi connectivity index (χ1n) is 7.47. The summed E-state index contributed by atoms with van der Waals surface area (Å²) in [7, 11) is -4.00. The van der Waals surface area contributed by atoms with E-state index in [1.165, 1.54) is 24.5 Å². The molecule has 0 spiro atoms. The molecule has 0 aliphatic rings. The number of hydrogen-bond acceptors (Lipinski definition) is 5. The number of rotatable bonds is 6. The predicted molar refractivity (Wildman–Crippen MR) is 93.4 cm³/mol. The van der Waals surface area contributed by atoms with Crippen LogP contribution in [0.2, 0.25) is 0 Å². The highest BCUT2D eigenvalue weighted by Gasteiger charge is 2.32. The first-order chi connectivity index (χ1) is 12.1. The summed E-state index contributed by atoms with van der Waals surface area (Å²) in [6.45, 7) is 0. The van der Waals surface area contributed by atoms with Crippen molar-refractivity contribution in [2.45, 2.75) is 0 Å². The summed E-state index contributed by atoms with van der Waals surface area (Å²) in [6, 6.07) is 20.0. The zero-order valence-electron chi connectivity index (χ0n) is 13.1. The Kier molecular flexibility index (Phi) is 5.11. The van der Waals surface area contributed by atoms with Crippen LogP contribution in [0.5, 0.6) is 11.5 Å². The molecule has 0 aliphatic carbocycles. The number of nitrogens with zero attached hydrogens (tertiary/aromatic N) is 1. The van der Waals surface area contributed by atoms with Gasteiger partial charge in [0.05, 0.1) is 0 Å². The highest BCUT2D eigenvalue weighted by atomic mass is 31.2. The normalized spacial score (nSPS) is 10.7. The molecule has 126 valence electrons. The third-order valence-electron chi connectivity index (χ3n) is 3.12. The molecule has 1 N–H and O–H groups in total. The highest BCUT2D eigenvalue weighted by molar-refractivity contribution is 7.53. The average Bonchev–Trinajstić information content (AvgIpc) is 2.64. The molecule has 1 amide bonds. The molecule has 0 saturated heterocycles. The summed E-state index contributed by atoms with van der Waals surface area (Å²) < 4.78 is 24.1. The molecule has 0 bridgehead atoms. The van der Waals surface area contributed by atoms with Crippen LogP contribution in [0.3, 0.4) is 0 Å². The van der Waals surface area contributed by atoms with Gasteiger partial charge in [-0.15, -0.1) is 0 Å². The third-order valence-corrected chi connectivity index (χ3v) is 4.50. The lowest BCUT2D eigenvalue weighted by atomic mass is 10.3. The lowest BCUT2D eigenvalue weighted by Gasteiger charge is -2.20. The Labute approximate surface area is 145 Å². The lowest BCUT2D eigenvalue weighted by molar-refractivity contribution is 0.0973. The molecular weight excluding hydrogens is 339 g/mol. The molecule has 0 unspecified atom stereocenters. The summed E-state index contributed by atoms with van der Waals surface area (Å²) >= 11 is 0. The van der Waals surface area contributed by atoms with Gasteiger partial charge in [-0.05, 0) is 36.4 Å². The van der Waals surface area contributed by atoms with Crippen molar-refractivity contribution in [2.24, 2.45) is 0 Å². The molecule has 0 saturated carbocycles. The number of aromatic nitrogens is 1. The Hall–Kier alpha value is -3.11. The third kappa shape index (κ3) is 4.68. The van der Waals surface area contributed by atoms with E-state index in [-0.39, 0.29) is 0 Å². The molecule has 1 heterocycles. The molecule has 0 fully saturated rings. The number of para-hydroxylation sites is 2. The SMILES string of the molecule is O=C(NP(=O)(Oc1ccccc1)Oc1ccccc1)c1ccncc1. The molecule has 6 nitrogen and oxygen atoms in total. The van der Waals surface area contributed by atoms with Crippen molar-refractivity contribution in [3.05, 3.63) is 90.8 Å². The number of benzene rings is 2. The maximum atomic E-state index is 13.1. The van der Waals surface area contributed by atoms with Crippen LogP contribution in [0.1, 0.15) is 10.4 Å². The van der Waals surface area contributed by atoms with Gasteiger partial charge in [0.15, 0.2) is 0 Å². The summed E-state index contributed by atoms with van der Waals surface area (Å²) in [5.74, 6) is 0.0474. The molecule has 2 aromatic carbocycles. The maximum Gasteiger partial charge on any atom is 0.544 e. The number of amides is 1. The fourth-order valence-corrected chi connectivity index (χ4v) is 3.30. The molecule has 0 aliphatic heterocycles. The van der Waals surface area contributed by atoms with Crippen LogP contribution in [0.15, 0.2) is 85.2 Å². The predicted octanol–water partition coefficient (Wildman–Crippen LogP) is 4.08. The largest absolute Gasteiger partial charge is 0.544 e. The number of hydrogen-bond donors (Lipinski definition) is 1. The average molecular weight is 354 g/mol. The second kappa shape index (κ2) is 7.64. The van der Waals surface area contributed by atoms with Gasteiger partial charge in [0.2, 0.25) is 0 Å². The maximum absolute atomic E-state index is 13.1. The Morgan fingerprint density at radius 1 is 0.800 bits per heavy atom. The van der Waals surface area contributed by atoms with Crippen molar-refractivity contribution < 1.29 is 18.4 Å². The first-order valence-corrected chi connectivity index (χ1v) is 9.01. The molecule has 3 rings (SSSR count). The zero-order valence-corrected chi connectivity index (χ0v) is 14.0. The number of pyridine rings is 1. The number of carbonyl (C=O) groups excluding carboxylic acids is 1. The van der Waals surface area contributed by atoms with Crippen LogP contribution >= 0.6 is 7.75 Å². The number of carbonyl (C=O) groups is 1. The van der Waals surface area contributed by atoms with Crippen LogP contribution in [0, 0.1) is 0 Å². The van der Waals surface area contributed by atoms with Gasteiger partial charge in [-0.25, -0.2) is 9.65 Å². The van der Waals surface area contributed by atoms with Gasteiger partial charge in [0.25, 0.3) is 5.91 Å². The molecule has 25 heavy (non-hydrogen) atoms. The first kappa shape index (κ1) is 16.7. The molecule has 3 aromatic rings. The zero-order chi connectivity index (χ0) is 17.5. The second-order valence-corrected chi connectivity index (χ2v) is 6.57. The van der Waals surface area contributed by atoms with Gasteiger partial charge in [0.1, 0.15) is 11.5 Å². The molecule has 0 radical (unpaired) electrons. The Balaban J connectivity index is 1.85. The van der Waals surface area contributed by atoms with E-state index in [4.69, 9.17) is 9.05 Å². The summed E-state index contributed by atoms with van der Waals surface area (Å²) in [5.41, 5.74) is 0.295. The van der Waals surface area contributed by atoms with Crippen molar-refractivity contribution in [1.82, 2.24) is 10.1 Å². The topological polar surface area (TPSA) is 77.5 Å². The van der Waals surface area contributed by atoms with Crippen molar-refractivity contribution in [3.8, 4) is 11.5 Å². The van der Waals surface area contributed by atoms with Crippen LogP contribution in [0.4, 0.5) is 0 Å². The van der Waals surface area contributed by atoms with E-state index >= 15 is 0 Å². The standard InChI is InChI=1S/C18H15N2O4P/c21-18(15-11-13-19-14-12-15)20-25(22,23-16-7-3-1-4-8-16)24-17-9-5-2-6-10-17/h1-14H,(H,20,21,22). The molecule has 0 atom stereocenters. The smallest absolute Gasteiger partial charge is 0.400 e. The van der Waals surface area contributed by atoms with Gasteiger partial charge in [-0.1, -0.05) is 36.4 Å². The van der Waals surface area contributed by atoms with E-state index in [2.05, 4.69) is 10.1 Å². The van der Waals surface area contributed by atoms with E-state index in [1.807, 2.05) is 0 Å². The van der Waals surface area contributed by atoms with Gasteiger partial charge in [-0.2, -0.15) is 0 Å². The van der Waals surface area contributed by atoms with E-state index in [1.54, 1.807) is 60.7 Å². The number of nitrogens with one attached hydrogen (secondary N) is 1. The fourth-order valence-electron chi connectivity index (χ4n) is 2.00. The lowest BCUT2D eigenvalue weighted by Crippen LogP contribution is -2.25. The molecular formula is C18H15N2O4P. The summed E-state index contributed by atoms with van der Waals surface area (Å²) in [4.78, 5) is 16.2. The highest BCUT2D eigenvalue weighted by Crippen LogP contribution is 2.44. The van der Waals surface area contributed by atoms with Gasteiger partial charge >= 0.3 is 7.75 Å². The van der Waals surface area contributed by atoms with Crippen LogP contribution in [-0.4, -0.2) is 10.9 Å². The van der Waals surface area contributed by atoms with E-state index in [0.717, 1.165) is 0 Å². The monoisotopic (exact) mass is 354 g/mol. The second-order valence-electron chi connectivity index (χ2n) is 4.98. The van der Waals surface area contributed by atoms with Crippen molar-refractivity contribution in [2.75, 3.05) is 0 Å². The fraction of sp³-hybridized carbons (Fsp3) is 0. The molecule has 7 heteroatoms. The van der Waals surface area contributed by atoms with E-state index in [9.17, 15) is 9.36 Å². The van der Waals surface area contributed by atoms with Gasteiger partial charge in [0, 0.05) is 18.0 Å². The quantitative estimate of drug-likeness (QED) is 0.675. The van der Waals surface area contributed by atoms with Crippen molar-refractivity contribution >= 4 is 13.7 Å². The van der Waals surface area contributed by atoms with Gasteiger partial charge in [-0.3, -0.25) is 9.78 Å². The minimum Gasteiger partial charge on any atom is -0.400 e. The summed E-state index contributed by atoms with van der Waals surface area (Å²) in [5, 5.41) is 2.35. The minimum atomic E-state index is -4.00. The molecule has 1 aromatic heterocycles. The Morgan fingerprint density at radius 2 is 1.28 bits per heavy atom. The minimum absolute atomic E-state index is 0.295. The van der Waals surface area contributed by atoms with Crippen LogP contribution in [-0.2, 0) is 4.57 Å². The van der Waals surface area contributed by atoms with Crippen LogP contribution in [0.25, 0.3) is 0 Å². The Bertz CT molecular complexity index is 828. The van der Waals surface area contributed by atoms with E-state index < -0.39 is 13.7 Å².